The molecule has 1 atom stereocenters. The van der Waals surface area contributed by atoms with Crippen LogP contribution in [-0.2, 0) is 14.2 Å². The number of ether oxygens (including phenoxy) is 3. The summed E-state index contributed by atoms with van der Waals surface area (Å²) in [7, 11) is 1.31. The van der Waals surface area contributed by atoms with Crippen molar-refractivity contribution >= 4 is 18.2 Å². The highest BCUT2D eigenvalue weighted by atomic mass is 32.1. The van der Waals surface area contributed by atoms with E-state index >= 15 is 0 Å². The lowest BCUT2D eigenvalue weighted by molar-refractivity contribution is -0.0936. The maximum absolute atomic E-state index is 11.5. The highest BCUT2D eigenvalue weighted by molar-refractivity contribution is 7.71. The number of rotatable bonds is 2. The third kappa shape index (κ3) is 2.58. The zero-order valence-electron chi connectivity index (χ0n) is 10.2. The Labute approximate surface area is 109 Å². The number of H-pyrrole nitrogens is 1. The number of aromatic nitrogens is 2. The minimum absolute atomic E-state index is 0.210. The van der Waals surface area contributed by atoms with Crippen molar-refractivity contribution in [1.82, 2.24) is 9.97 Å². The Morgan fingerprint density at radius 2 is 2.33 bits per heavy atom. The van der Waals surface area contributed by atoms with Crippen molar-refractivity contribution in [2.24, 2.45) is 0 Å². The molecule has 18 heavy (non-hydrogen) atoms. The van der Waals surface area contributed by atoms with E-state index in [0.29, 0.717) is 31.3 Å². The number of carbonyl (C=O) groups is 1. The van der Waals surface area contributed by atoms with Crippen LogP contribution in [0.25, 0.3) is 0 Å². The molecule has 0 bridgehead atoms. The van der Waals surface area contributed by atoms with E-state index in [-0.39, 0.29) is 16.3 Å². The molecular weight excluding hydrogens is 256 g/mol. The second kappa shape index (κ2) is 5.55. The fourth-order valence-electron chi connectivity index (χ4n) is 1.75. The van der Waals surface area contributed by atoms with E-state index in [1.807, 2.05) is 0 Å². The molecule has 1 unspecified atom stereocenters. The van der Waals surface area contributed by atoms with Crippen molar-refractivity contribution < 1.29 is 19.0 Å². The Balaban J connectivity index is 2.35. The molecule has 0 radical (unpaired) electrons. The molecule has 98 valence electrons. The van der Waals surface area contributed by atoms with Crippen LogP contribution in [0.15, 0.2) is 0 Å². The van der Waals surface area contributed by atoms with Gasteiger partial charge < -0.3 is 19.2 Å². The van der Waals surface area contributed by atoms with Gasteiger partial charge in [0.2, 0.25) is 0 Å². The zero-order valence-corrected chi connectivity index (χ0v) is 11.0. The van der Waals surface area contributed by atoms with E-state index in [0.717, 1.165) is 0 Å². The van der Waals surface area contributed by atoms with E-state index in [1.54, 1.807) is 6.92 Å². The summed E-state index contributed by atoms with van der Waals surface area (Å²) >= 11 is 5.11. The van der Waals surface area contributed by atoms with Gasteiger partial charge in [0.05, 0.1) is 26.9 Å². The maximum atomic E-state index is 11.5. The van der Waals surface area contributed by atoms with Crippen LogP contribution in [0, 0.1) is 11.6 Å². The van der Waals surface area contributed by atoms with Crippen molar-refractivity contribution in [3.8, 4) is 0 Å². The van der Waals surface area contributed by atoms with Gasteiger partial charge in [0.15, 0.2) is 0 Å². The summed E-state index contributed by atoms with van der Waals surface area (Å²) in [4.78, 5) is 18.7. The molecule has 1 N–H and O–H groups in total. The van der Waals surface area contributed by atoms with E-state index in [2.05, 4.69) is 14.7 Å². The van der Waals surface area contributed by atoms with Crippen LogP contribution < -0.4 is 0 Å². The second-order valence-corrected chi connectivity index (χ2v) is 4.24. The number of aromatic amines is 1. The van der Waals surface area contributed by atoms with Gasteiger partial charge in [-0.25, -0.2) is 9.78 Å². The molecule has 0 aromatic carbocycles. The molecule has 1 fully saturated rings. The Morgan fingerprint density at radius 3 is 2.89 bits per heavy atom. The molecular formula is C11H14N2O4S. The normalized spacial score (nSPS) is 19.6. The zero-order chi connectivity index (χ0) is 13.1. The van der Waals surface area contributed by atoms with Crippen molar-refractivity contribution in [3.05, 3.63) is 21.7 Å². The molecule has 1 aromatic rings. The van der Waals surface area contributed by atoms with Crippen LogP contribution in [0.5, 0.6) is 0 Å². The predicted octanol–water partition coefficient (Wildman–Crippen LogP) is 1.32. The number of aryl methyl sites for hydroxylation is 1. The van der Waals surface area contributed by atoms with Gasteiger partial charge in [-0.15, -0.1) is 0 Å². The molecule has 1 aliphatic heterocycles. The predicted molar refractivity (Wildman–Crippen MR) is 65.0 cm³/mol. The molecule has 0 saturated carbocycles. The molecule has 2 heterocycles. The first-order valence-electron chi connectivity index (χ1n) is 5.52. The molecule has 1 aromatic heterocycles. The van der Waals surface area contributed by atoms with Crippen LogP contribution in [0.1, 0.15) is 28.0 Å². The van der Waals surface area contributed by atoms with Crippen LogP contribution in [0.3, 0.4) is 0 Å². The molecule has 7 heteroatoms. The quantitative estimate of drug-likeness (QED) is 0.645. The molecule has 1 aliphatic rings. The number of carbonyl (C=O) groups excluding carboxylic acids is 1. The van der Waals surface area contributed by atoms with Gasteiger partial charge in [0.1, 0.15) is 22.1 Å². The van der Waals surface area contributed by atoms with Gasteiger partial charge in [-0.05, 0) is 6.92 Å². The molecule has 0 amide bonds. The maximum Gasteiger partial charge on any atom is 0.342 e. The monoisotopic (exact) mass is 270 g/mol. The van der Waals surface area contributed by atoms with E-state index in [1.165, 1.54) is 7.11 Å². The van der Waals surface area contributed by atoms with Gasteiger partial charge >= 0.3 is 5.97 Å². The molecule has 0 aliphatic carbocycles. The average Bonchev–Trinajstić information content (AvgIpc) is 2.38. The largest absolute Gasteiger partial charge is 0.465 e. The Hall–Kier alpha value is -1.31. The number of methoxy groups -OCH3 is 1. The van der Waals surface area contributed by atoms with Crippen molar-refractivity contribution in [2.75, 3.05) is 26.9 Å². The SMILES string of the molecule is COC(=O)c1c(C)[nH]c(C2COCCO2)nc1=S. The number of hydrogen-bond acceptors (Lipinski definition) is 6. The van der Waals surface area contributed by atoms with Gasteiger partial charge in [-0.2, -0.15) is 0 Å². The number of nitrogens with one attached hydrogen (secondary N) is 1. The lowest BCUT2D eigenvalue weighted by Gasteiger charge is -2.22. The highest BCUT2D eigenvalue weighted by Crippen LogP contribution is 2.19. The number of esters is 1. The Bertz CT molecular complexity index is 508. The average molecular weight is 270 g/mol. The summed E-state index contributed by atoms with van der Waals surface area (Å²) in [6, 6.07) is 0. The lowest BCUT2D eigenvalue weighted by Crippen LogP contribution is -2.24. The number of hydrogen-bond donors (Lipinski definition) is 1. The van der Waals surface area contributed by atoms with Gasteiger partial charge in [0.25, 0.3) is 0 Å². The Morgan fingerprint density at radius 1 is 1.56 bits per heavy atom. The fourth-order valence-corrected chi connectivity index (χ4v) is 2.08. The summed E-state index contributed by atoms with van der Waals surface area (Å²) in [6.07, 6.45) is -0.272. The third-order valence-corrected chi connectivity index (χ3v) is 2.93. The number of nitrogens with zero attached hydrogens (tertiary/aromatic N) is 1. The van der Waals surface area contributed by atoms with Crippen molar-refractivity contribution in [3.63, 3.8) is 0 Å². The summed E-state index contributed by atoms with van der Waals surface area (Å²) in [5.41, 5.74) is 0.902. The van der Waals surface area contributed by atoms with Crippen LogP contribution in [-0.4, -0.2) is 42.9 Å². The van der Waals surface area contributed by atoms with Gasteiger partial charge in [0, 0.05) is 5.69 Å². The van der Waals surface area contributed by atoms with Crippen molar-refractivity contribution in [1.29, 1.82) is 0 Å². The van der Waals surface area contributed by atoms with Gasteiger partial charge in [-0.3, -0.25) is 0 Å². The molecule has 0 spiro atoms. The fraction of sp³-hybridized carbons (Fsp3) is 0.545. The van der Waals surface area contributed by atoms with Gasteiger partial charge in [-0.1, -0.05) is 12.2 Å². The smallest absolute Gasteiger partial charge is 0.342 e. The summed E-state index contributed by atoms with van der Waals surface area (Å²) < 4.78 is 15.7. The molecule has 2 rings (SSSR count). The van der Waals surface area contributed by atoms with Crippen LogP contribution >= 0.6 is 12.2 Å². The molecule has 6 nitrogen and oxygen atoms in total. The summed E-state index contributed by atoms with van der Waals surface area (Å²) in [6.45, 7) is 3.27. The third-order valence-electron chi connectivity index (χ3n) is 2.64. The minimum Gasteiger partial charge on any atom is -0.465 e. The Kier molecular flexibility index (Phi) is 4.05. The highest BCUT2D eigenvalue weighted by Gasteiger charge is 2.21. The summed E-state index contributed by atoms with van der Waals surface area (Å²) in [5.74, 6) is 0.0819. The van der Waals surface area contributed by atoms with E-state index in [4.69, 9.17) is 21.7 Å². The first-order chi connectivity index (χ1) is 8.63. The summed E-state index contributed by atoms with van der Waals surface area (Å²) in [5, 5.41) is 0. The second-order valence-electron chi connectivity index (χ2n) is 3.85. The van der Waals surface area contributed by atoms with E-state index in [9.17, 15) is 4.79 Å². The minimum atomic E-state index is -0.492. The van der Waals surface area contributed by atoms with Crippen LogP contribution in [0.2, 0.25) is 0 Å². The van der Waals surface area contributed by atoms with E-state index < -0.39 is 5.97 Å². The van der Waals surface area contributed by atoms with Crippen molar-refractivity contribution in [2.45, 2.75) is 13.0 Å². The molecule has 1 saturated heterocycles. The first-order valence-corrected chi connectivity index (χ1v) is 5.92. The van der Waals surface area contributed by atoms with Crippen LogP contribution in [0.4, 0.5) is 0 Å². The lowest BCUT2D eigenvalue weighted by atomic mass is 10.2. The topological polar surface area (TPSA) is 73.4 Å². The standard InChI is InChI=1S/C11H14N2O4S/c1-6-8(11(14)15-2)10(18)13-9(12-6)7-5-16-3-4-17-7/h7H,3-5H2,1-2H3,(H,12,13,18). The first kappa shape index (κ1) is 13.1.